The third-order valence-corrected chi connectivity index (χ3v) is 13.7. The summed E-state index contributed by atoms with van der Waals surface area (Å²) in [7, 11) is 0. The Hall–Kier alpha value is -4.45. The number of allylic oxidation sites excluding steroid dienone is 21. The standard InChI is InChI=1S/C73H120O6/c1-4-7-10-13-16-19-22-25-28-30-31-32-33-34-35-36-37-38-39-40-41-43-45-48-51-54-57-60-63-66-72(75)78-69-70(68-77-71(74)65-62-59-56-53-50-47-44-27-24-21-18-15-12-9-6-3)79-73(76)67-64-61-58-55-52-49-46-42-29-26-23-20-17-14-11-8-5-2/h8-9,11-12,17-18,20-21,26-27,29-31,44,46,49-50,53,55,58-59,62,70H,4-7,10,13-16,19,22-25,28,32-43,45,47-48,51-52,54,56-57,60-61,63-69H2,1-3H3/b11-8-,12-9-,20-17-,21-18-,29-26-,31-30-,44-27-,49-46-,53-50-,58-55-,62-59-. The van der Waals surface area contributed by atoms with Crippen LogP contribution in [0.25, 0.3) is 0 Å². The van der Waals surface area contributed by atoms with E-state index in [9.17, 15) is 14.4 Å². The van der Waals surface area contributed by atoms with E-state index in [2.05, 4.69) is 142 Å². The highest BCUT2D eigenvalue weighted by Crippen LogP contribution is 2.16. The maximum absolute atomic E-state index is 12.9. The normalized spacial score (nSPS) is 13.0. The number of rotatable bonds is 58. The summed E-state index contributed by atoms with van der Waals surface area (Å²) in [6, 6.07) is 0. The van der Waals surface area contributed by atoms with Gasteiger partial charge in [-0.05, 0) is 109 Å². The van der Waals surface area contributed by atoms with Crippen LogP contribution in [0.2, 0.25) is 0 Å². The molecule has 0 spiro atoms. The highest BCUT2D eigenvalue weighted by Gasteiger charge is 2.19. The highest BCUT2D eigenvalue weighted by atomic mass is 16.6. The minimum atomic E-state index is -0.853. The molecule has 6 heteroatoms. The average Bonchev–Trinajstić information content (AvgIpc) is 3.45. The van der Waals surface area contributed by atoms with Gasteiger partial charge in [0.15, 0.2) is 6.10 Å². The first kappa shape index (κ1) is 74.5. The fourth-order valence-electron chi connectivity index (χ4n) is 8.84. The second-order valence-electron chi connectivity index (χ2n) is 21.3. The Morgan fingerprint density at radius 2 is 0.557 bits per heavy atom. The Morgan fingerprint density at radius 3 is 0.937 bits per heavy atom. The zero-order valence-corrected chi connectivity index (χ0v) is 51.3. The van der Waals surface area contributed by atoms with Crippen LogP contribution >= 0.6 is 0 Å². The largest absolute Gasteiger partial charge is 0.462 e. The lowest BCUT2D eigenvalue weighted by molar-refractivity contribution is -0.166. The molecule has 0 radical (unpaired) electrons. The highest BCUT2D eigenvalue weighted by molar-refractivity contribution is 5.72. The van der Waals surface area contributed by atoms with Gasteiger partial charge < -0.3 is 14.2 Å². The molecule has 0 amide bonds. The Kier molecular flexibility index (Phi) is 62.3. The molecule has 6 nitrogen and oxygen atoms in total. The lowest BCUT2D eigenvalue weighted by atomic mass is 10.0. The third kappa shape index (κ3) is 64.3. The van der Waals surface area contributed by atoms with Crippen LogP contribution in [-0.4, -0.2) is 37.2 Å². The van der Waals surface area contributed by atoms with Crippen LogP contribution in [0, 0.1) is 0 Å². The second kappa shape index (κ2) is 66.1. The van der Waals surface area contributed by atoms with Crippen molar-refractivity contribution in [3.8, 4) is 0 Å². The number of carbonyl (C=O) groups is 3. The smallest absolute Gasteiger partial charge is 0.309 e. The first-order valence-electron chi connectivity index (χ1n) is 32.7. The van der Waals surface area contributed by atoms with Gasteiger partial charge in [0, 0.05) is 12.8 Å². The summed E-state index contributed by atoms with van der Waals surface area (Å²) in [5.74, 6) is -1.12. The van der Waals surface area contributed by atoms with E-state index in [4.69, 9.17) is 14.2 Å². The lowest BCUT2D eigenvalue weighted by Crippen LogP contribution is -2.30. The van der Waals surface area contributed by atoms with Gasteiger partial charge in [0.05, 0.1) is 6.42 Å². The third-order valence-electron chi connectivity index (χ3n) is 13.7. The summed E-state index contributed by atoms with van der Waals surface area (Å²) in [5, 5.41) is 0. The Balaban J connectivity index is 4.37. The molecular weight excluding hydrogens is 973 g/mol. The molecule has 0 aromatic rings. The predicted octanol–water partition coefficient (Wildman–Crippen LogP) is 22.5. The number of hydrogen-bond acceptors (Lipinski definition) is 6. The quantitative estimate of drug-likeness (QED) is 0.0261. The van der Waals surface area contributed by atoms with E-state index in [0.717, 1.165) is 89.9 Å². The van der Waals surface area contributed by atoms with Crippen LogP contribution in [0.3, 0.4) is 0 Å². The summed E-state index contributed by atoms with van der Waals surface area (Å²) in [4.78, 5) is 38.2. The molecule has 0 aromatic carbocycles. The molecule has 0 aliphatic heterocycles. The Bertz CT molecular complexity index is 1680. The summed E-state index contributed by atoms with van der Waals surface area (Å²) in [5.41, 5.74) is 0. The van der Waals surface area contributed by atoms with Crippen molar-refractivity contribution in [2.24, 2.45) is 0 Å². The molecule has 1 atom stereocenters. The fraction of sp³-hybridized carbons (Fsp3) is 0.658. The second-order valence-corrected chi connectivity index (χ2v) is 21.3. The Morgan fingerprint density at radius 1 is 0.278 bits per heavy atom. The van der Waals surface area contributed by atoms with Crippen molar-refractivity contribution in [1.82, 2.24) is 0 Å². The molecule has 0 bridgehead atoms. The molecule has 0 aliphatic carbocycles. The minimum absolute atomic E-state index is 0.111. The molecule has 0 heterocycles. The summed E-state index contributed by atoms with van der Waals surface area (Å²) in [6.45, 7) is 6.29. The van der Waals surface area contributed by atoms with Crippen molar-refractivity contribution in [3.63, 3.8) is 0 Å². The van der Waals surface area contributed by atoms with Crippen LogP contribution in [0.15, 0.2) is 134 Å². The molecule has 0 aliphatic rings. The van der Waals surface area contributed by atoms with Gasteiger partial charge in [-0.3, -0.25) is 14.4 Å². The Labute approximate surface area is 487 Å². The van der Waals surface area contributed by atoms with Crippen molar-refractivity contribution in [2.45, 2.75) is 297 Å². The fourth-order valence-corrected chi connectivity index (χ4v) is 8.84. The minimum Gasteiger partial charge on any atom is -0.462 e. The van der Waals surface area contributed by atoms with Gasteiger partial charge in [0.25, 0.3) is 0 Å². The average molecular weight is 1090 g/mol. The van der Waals surface area contributed by atoms with Crippen LogP contribution in [0.4, 0.5) is 0 Å². The van der Waals surface area contributed by atoms with E-state index < -0.39 is 18.0 Å². The molecule has 448 valence electrons. The number of carbonyl (C=O) groups excluding carboxylic acids is 3. The van der Waals surface area contributed by atoms with Gasteiger partial charge in [-0.15, -0.1) is 0 Å². The zero-order valence-electron chi connectivity index (χ0n) is 51.3. The van der Waals surface area contributed by atoms with E-state index in [1.54, 1.807) is 6.08 Å². The van der Waals surface area contributed by atoms with Gasteiger partial charge in [-0.25, -0.2) is 0 Å². The number of esters is 3. The molecule has 0 saturated heterocycles. The molecule has 0 saturated carbocycles. The number of unbranched alkanes of at least 4 members (excludes halogenated alkanes) is 26. The van der Waals surface area contributed by atoms with Crippen LogP contribution in [-0.2, 0) is 28.6 Å². The van der Waals surface area contributed by atoms with Gasteiger partial charge in [0.2, 0.25) is 0 Å². The van der Waals surface area contributed by atoms with E-state index in [0.29, 0.717) is 12.8 Å². The molecule has 0 rings (SSSR count). The number of ether oxygens (including phenoxy) is 3. The van der Waals surface area contributed by atoms with Crippen LogP contribution < -0.4 is 0 Å². The summed E-state index contributed by atoms with van der Waals surface area (Å²) in [6.07, 6.45) is 93.7. The first-order chi connectivity index (χ1) is 39.0. The van der Waals surface area contributed by atoms with E-state index in [1.165, 1.54) is 154 Å². The number of hydrogen-bond donors (Lipinski definition) is 0. The van der Waals surface area contributed by atoms with Crippen molar-refractivity contribution >= 4 is 17.9 Å². The molecule has 0 fully saturated rings. The maximum Gasteiger partial charge on any atom is 0.309 e. The van der Waals surface area contributed by atoms with Gasteiger partial charge in [-0.2, -0.15) is 0 Å². The van der Waals surface area contributed by atoms with Crippen molar-refractivity contribution < 1.29 is 28.6 Å². The predicted molar refractivity (Wildman–Crippen MR) is 343 cm³/mol. The summed E-state index contributed by atoms with van der Waals surface area (Å²) < 4.78 is 16.7. The zero-order chi connectivity index (χ0) is 57.1. The monoisotopic (exact) mass is 1090 g/mol. The summed E-state index contributed by atoms with van der Waals surface area (Å²) >= 11 is 0. The van der Waals surface area contributed by atoms with Gasteiger partial charge >= 0.3 is 17.9 Å². The molecule has 0 N–H and O–H groups in total. The maximum atomic E-state index is 12.9. The molecular formula is C73H120O6. The van der Waals surface area contributed by atoms with Gasteiger partial charge in [-0.1, -0.05) is 296 Å². The van der Waals surface area contributed by atoms with Crippen molar-refractivity contribution in [3.05, 3.63) is 134 Å². The van der Waals surface area contributed by atoms with Crippen LogP contribution in [0.5, 0.6) is 0 Å². The SMILES string of the molecule is CC/C=C\C/C=C\C/C=C\C/C=C\C/C=C\CCCC(=O)OC(COC(=O)C/C=C\C/C=C\C/C=C\C/C=C\C/C=C\CC)COC(=O)CCCCCCCCCCCCCCCCCCC/C=C\CCCCCCCCCC. The van der Waals surface area contributed by atoms with E-state index in [1.807, 2.05) is 6.08 Å². The topological polar surface area (TPSA) is 78.9 Å². The van der Waals surface area contributed by atoms with E-state index >= 15 is 0 Å². The van der Waals surface area contributed by atoms with E-state index in [-0.39, 0.29) is 32.0 Å². The van der Waals surface area contributed by atoms with Crippen molar-refractivity contribution in [2.75, 3.05) is 13.2 Å². The van der Waals surface area contributed by atoms with Crippen molar-refractivity contribution in [1.29, 1.82) is 0 Å². The first-order valence-corrected chi connectivity index (χ1v) is 32.7. The molecule has 0 aromatic heterocycles. The van der Waals surface area contributed by atoms with Gasteiger partial charge in [0.1, 0.15) is 13.2 Å². The van der Waals surface area contributed by atoms with Crippen LogP contribution in [0.1, 0.15) is 290 Å². The molecule has 79 heavy (non-hydrogen) atoms. The molecule has 1 unspecified atom stereocenters. The lowest BCUT2D eigenvalue weighted by Gasteiger charge is -2.18.